The van der Waals surface area contributed by atoms with E-state index in [-0.39, 0.29) is 18.7 Å². The Kier molecular flexibility index (Phi) is 6.14. The number of methoxy groups -OCH3 is 1. The van der Waals surface area contributed by atoms with Crippen LogP contribution in [0.5, 0.6) is 0 Å². The van der Waals surface area contributed by atoms with Crippen LogP contribution in [0.2, 0.25) is 0 Å². The maximum atomic E-state index is 12.8. The highest BCUT2D eigenvalue weighted by molar-refractivity contribution is 5.83. The molecule has 1 atom stereocenters. The normalized spacial score (nSPS) is 18.2. The number of hydrogen-bond donors (Lipinski definition) is 2. The third-order valence-corrected chi connectivity index (χ3v) is 5.64. The number of aromatic nitrogens is 1. The predicted molar refractivity (Wildman–Crippen MR) is 103 cm³/mol. The first-order valence-corrected chi connectivity index (χ1v) is 9.63. The molecule has 7 nitrogen and oxygen atoms in total. The van der Waals surface area contributed by atoms with Crippen LogP contribution in [0.3, 0.4) is 0 Å². The minimum absolute atomic E-state index is 0.0111. The van der Waals surface area contributed by atoms with Gasteiger partial charge in [0.15, 0.2) is 12.0 Å². The molecule has 7 heteroatoms. The largest absolute Gasteiger partial charge is 0.451 e. The van der Waals surface area contributed by atoms with E-state index in [4.69, 9.17) is 14.9 Å². The number of benzene rings is 1. The smallest absolute Gasteiger partial charge is 0.221 e. The number of ether oxygens (including phenoxy) is 1. The number of amides is 2. The Morgan fingerprint density at radius 3 is 2.50 bits per heavy atom. The molecule has 0 bridgehead atoms. The van der Waals surface area contributed by atoms with E-state index in [1.54, 1.807) is 13.4 Å². The highest BCUT2D eigenvalue weighted by Gasteiger charge is 2.56. The lowest BCUT2D eigenvalue weighted by atomic mass is 9.65. The number of primary amides is 1. The predicted octanol–water partition coefficient (Wildman–Crippen LogP) is 2.65. The van der Waals surface area contributed by atoms with Crippen LogP contribution in [-0.4, -0.2) is 29.4 Å². The van der Waals surface area contributed by atoms with E-state index in [0.717, 1.165) is 37.7 Å². The summed E-state index contributed by atoms with van der Waals surface area (Å²) < 4.78 is 11.5. The zero-order valence-electron chi connectivity index (χ0n) is 16.1. The zero-order valence-corrected chi connectivity index (χ0v) is 16.1. The van der Waals surface area contributed by atoms with E-state index in [2.05, 4.69) is 10.3 Å². The molecule has 2 amide bonds. The van der Waals surface area contributed by atoms with Crippen molar-refractivity contribution in [2.24, 2.45) is 5.73 Å². The summed E-state index contributed by atoms with van der Waals surface area (Å²) in [5.41, 5.74) is 5.00. The topological polar surface area (TPSA) is 107 Å². The number of oxazole rings is 1. The summed E-state index contributed by atoms with van der Waals surface area (Å²) in [5, 5.41) is 3.21. The van der Waals surface area contributed by atoms with Crippen LogP contribution in [0.4, 0.5) is 0 Å². The van der Waals surface area contributed by atoms with Gasteiger partial charge in [-0.3, -0.25) is 9.59 Å². The van der Waals surface area contributed by atoms with Gasteiger partial charge in [-0.2, -0.15) is 0 Å². The molecule has 0 aliphatic heterocycles. The van der Waals surface area contributed by atoms with Gasteiger partial charge in [0, 0.05) is 20.0 Å². The lowest BCUT2D eigenvalue weighted by Crippen LogP contribution is -2.64. The summed E-state index contributed by atoms with van der Waals surface area (Å²) in [6.07, 6.45) is 7.45. The van der Waals surface area contributed by atoms with Crippen LogP contribution in [0, 0.1) is 0 Å². The molecule has 150 valence electrons. The molecule has 1 aliphatic rings. The molecule has 3 rings (SSSR count). The first kappa shape index (κ1) is 20.1. The van der Waals surface area contributed by atoms with Gasteiger partial charge in [0.2, 0.25) is 11.8 Å². The number of carbonyl (C=O) groups is 2. The number of nitrogens with one attached hydrogen (secondary N) is 1. The van der Waals surface area contributed by atoms with Crippen LogP contribution in [0.25, 0.3) is 0 Å². The Balaban J connectivity index is 2.10. The van der Waals surface area contributed by atoms with Crippen molar-refractivity contribution in [3.05, 3.63) is 54.2 Å². The van der Waals surface area contributed by atoms with Crippen molar-refractivity contribution in [2.75, 3.05) is 7.11 Å². The van der Waals surface area contributed by atoms with Gasteiger partial charge in [-0.05, 0) is 18.4 Å². The lowest BCUT2D eigenvalue weighted by molar-refractivity contribution is -0.133. The lowest BCUT2D eigenvalue weighted by Gasteiger charge is -2.51. The van der Waals surface area contributed by atoms with Crippen LogP contribution in [0.1, 0.15) is 56.2 Å². The molecular formula is C21H27N3O4. The van der Waals surface area contributed by atoms with Gasteiger partial charge in [-0.1, -0.05) is 49.6 Å². The quantitative estimate of drug-likeness (QED) is 0.726. The summed E-state index contributed by atoms with van der Waals surface area (Å²) in [5.74, 6) is -0.716. The molecule has 3 N–H and O–H groups in total. The molecule has 1 unspecified atom stereocenters. The Labute approximate surface area is 164 Å². The molecule has 1 aromatic carbocycles. The van der Waals surface area contributed by atoms with Crippen LogP contribution in [0.15, 0.2) is 47.4 Å². The van der Waals surface area contributed by atoms with Crippen LogP contribution in [-0.2, 0) is 19.9 Å². The third-order valence-electron chi connectivity index (χ3n) is 5.64. The average molecular weight is 385 g/mol. The molecule has 0 saturated heterocycles. The van der Waals surface area contributed by atoms with Gasteiger partial charge in [-0.25, -0.2) is 4.98 Å². The fourth-order valence-electron chi connectivity index (χ4n) is 4.43. The summed E-state index contributed by atoms with van der Waals surface area (Å²) in [4.78, 5) is 28.3. The van der Waals surface area contributed by atoms with Crippen LogP contribution < -0.4 is 11.1 Å². The zero-order chi connectivity index (χ0) is 20.0. The second-order valence-corrected chi connectivity index (χ2v) is 7.28. The number of hydrogen-bond acceptors (Lipinski definition) is 5. The Morgan fingerprint density at radius 2 is 1.93 bits per heavy atom. The second-order valence-electron chi connectivity index (χ2n) is 7.28. The van der Waals surface area contributed by atoms with E-state index in [9.17, 15) is 9.59 Å². The van der Waals surface area contributed by atoms with Gasteiger partial charge in [0.05, 0.1) is 5.54 Å². The van der Waals surface area contributed by atoms with Crippen molar-refractivity contribution in [1.29, 1.82) is 0 Å². The molecule has 28 heavy (non-hydrogen) atoms. The van der Waals surface area contributed by atoms with Crippen molar-refractivity contribution < 1.29 is 18.7 Å². The van der Waals surface area contributed by atoms with Crippen molar-refractivity contribution in [2.45, 2.75) is 56.1 Å². The molecule has 1 heterocycles. The summed E-state index contributed by atoms with van der Waals surface area (Å²) >= 11 is 0. The molecule has 1 saturated carbocycles. The number of nitrogens with zero attached hydrogens (tertiary/aromatic N) is 1. The van der Waals surface area contributed by atoms with Gasteiger partial charge >= 0.3 is 0 Å². The molecule has 2 aromatic rings. The fourth-order valence-corrected chi connectivity index (χ4v) is 4.43. The fraction of sp³-hybridized carbons (Fsp3) is 0.476. The third kappa shape index (κ3) is 3.67. The van der Waals surface area contributed by atoms with Crippen molar-refractivity contribution in [1.82, 2.24) is 10.3 Å². The average Bonchev–Trinajstić information content (AvgIpc) is 3.24. The minimum atomic E-state index is -1.01. The standard InChI is InChI=1S/C21H27N3O4/c1-27-21(17-14-28-15-23-17,16-8-4-2-5-9-16)20(12-6-3-7-13-20)24-19(26)11-10-18(22)25/h2,4-5,8-9,14-15H,3,6-7,10-13H2,1H3,(H2,22,25)(H,24,26). The maximum Gasteiger partial charge on any atom is 0.221 e. The Morgan fingerprint density at radius 1 is 1.21 bits per heavy atom. The highest BCUT2D eigenvalue weighted by atomic mass is 16.5. The second kappa shape index (κ2) is 8.56. The van der Waals surface area contributed by atoms with Gasteiger partial charge < -0.3 is 20.2 Å². The van der Waals surface area contributed by atoms with E-state index < -0.39 is 17.0 Å². The summed E-state index contributed by atoms with van der Waals surface area (Å²) in [6, 6.07) is 9.77. The molecule has 1 aromatic heterocycles. The molecule has 1 aliphatic carbocycles. The van der Waals surface area contributed by atoms with Crippen molar-refractivity contribution >= 4 is 11.8 Å². The summed E-state index contributed by atoms with van der Waals surface area (Å²) in [7, 11) is 1.63. The Bertz CT molecular complexity index is 785. The summed E-state index contributed by atoms with van der Waals surface area (Å²) in [6.45, 7) is 0. The SMILES string of the molecule is COC(c1ccccc1)(c1cocn1)C1(NC(=O)CCC(N)=O)CCCCC1. The highest BCUT2D eigenvalue weighted by Crippen LogP contribution is 2.49. The molecule has 0 radical (unpaired) electrons. The Hall–Kier alpha value is -2.67. The minimum Gasteiger partial charge on any atom is -0.451 e. The van der Waals surface area contributed by atoms with Crippen molar-refractivity contribution in [3.8, 4) is 0 Å². The number of nitrogens with two attached hydrogens (primary N) is 1. The molecular weight excluding hydrogens is 358 g/mol. The molecule has 1 fully saturated rings. The monoisotopic (exact) mass is 385 g/mol. The first-order chi connectivity index (χ1) is 13.5. The van der Waals surface area contributed by atoms with E-state index >= 15 is 0 Å². The van der Waals surface area contributed by atoms with Gasteiger partial charge in [0.25, 0.3) is 0 Å². The van der Waals surface area contributed by atoms with Gasteiger partial charge in [-0.15, -0.1) is 0 Å². The van der Waals surface area contributed by atoms with Crippen molar-refractivity contribution in [3.63, 3.8) is 0 Å². The van der Waals surface area contributed by atoms with E-state index in [1.807, 2.05) is 30.3 Å². The number of carbonyl (C=O) groups excluding carboxylic acids is 2. The first-order valence-electron chi connectivity index (χ1n) is 9.63. The number of rotatable bonds is 8. The van der Waals surface area contributed by atoms with Gasteiger partial charge in [0.1, 0.15) is 12.0 Å². The van der Waals surface area contributed by atoms with E-state index in [1.165, 1.54) is 6.39 Å². The van der Waals surface area contributed by atoms with E-state index in [0.29, 0.717) is 5.69 Å². The molecule has 0 spiro atoms. The maximum absolute atomic E-state index is 12.8. The van der Waals surface area contributed by atoms with Crippen LogP contribution >= 0.6 is 0 Å².